The molecule has 0 aromatic rings. The fourth-order valence-electron chi connectivity index (χ4n) is 7.04. The summed E-state index contributed by atoms with van der Waals surface area (Å²) in [6.45, 7) is 4.40. The molecule has 3 heteroatoms. The molecule has 0 aliphatic heterocycles. The first kappa shape index (κ1) is 14.1. The van der Waals surface area contributed by atoms with E-state index in [1.807, 2.05) is 0 Å². The van der Waals surface area contributed by atoms with Gasteiger partial charge in [-0.3, -0.25) is 14.4 Å². The van der Waals surface area contributed by atoms with Crippen LogP contribution in [-0.4, -0.2) is 17.3 Å². The zero-order valence-corrected chi connectivity index (χ0v) is 13.9. The zero-order valence-electron chi connectivity index (χ0n) is 13.9. The number of hydrogen-bond donors (Lipinski definition) is 0. The minimum absolute atomic E-state index is 0.106. The third-order valence-corrected chi connectivity index (χ3v) is 8.43. The molecular formula is C20H24O3. The summed E-state index contributed by atoms with van der Waals surface area (Å²) in [7, 11) is 0. The molecule has 23 heavy (non-hydrogen) atoms. The Morgan fingerprint density at radius 3 is 2.61 bits per heavy atom. The van der Waals surface area contributed by atoms with Gasteiger partial charge < -0.3 is 0 Å². The van der Waals surface area contributed by atoms with Crippen LogP contribution in [0.1, 0.15) is 52.4 Å². The summed E-state index contributed by atoms with van der Waals surface area (Å²) in [4.78, 5) is 37.4. The van der Waals surface area contributed by atoms with Crippen LogP contribution in [-0.2, 0) is 14.4 Å². The molecule has 0 bridgehead atoms. The Hall–Kier alpha value is -1.25. The fraction of sp³-hybridized carbons (Fsp3) is 0.750. The lowest BCUT2D eigenvalue weighted by atomic mass is 9.47. The average molecular weight is 312 g/mol. The van der Waals surface area contributed by atoms with E-state index in [0.29, 0.717) is 42.3 Å². The fourth-order valence-corrected chi connectivity index (χ4v) is 7.04. The second kappa shape index (κ2) is 4.04. The van der Waals surface area contributed by atoms with Gasteiger partial charge in [-0.05, 0) is 55.4 Å². The largest absolute Gasteiger partial charge is 0.299 e. The number of rotatable bonds is 0. The van der Waals surface area contributed by atoms with E-state index in [1.54, 1.807) is 6.08 Å². The molecule has 4 fully saturated rings. The van der Waals surface area contributed by atoms with Crippen molar-refractivity contribution in [2.24, 2.45) is 40.4 Å². The Kier molecular flexibility index (Phi) is 2.48. The van der Waals surface area contributed by atoms with Crippen molar-refractivity contribution in [2.75, 3.05) is 0 Å². The van der Waals surface area contributed by atoms with Gasteiger partial charge in [0.2, 0.25) is 0 Å². The number of carbonyl (C=O) groups is 3. The Morgan fingerprint density at radius 2 is 1.83 bits per heavy atom. The summed E-state index contributed by atoms with van der Waals surface area (Å²) in [5, 5.41) is 0. The molecule has 0 heterocycles. The van der Waals surface area contributed by atoms with Crippen molar-refractivity contribution in [2.45, 2.75) is 52.4 Å². The van der Waals surface area contributed by atoms with Gasteiger partial charge in [0, 0.05) is 35.2 Å². The molecule has 7 atom stereocenters. The van der Waals surface area contributed by atoms with Crippen LogP contribution in [0.5, 0.6) is 0 Å². The first-order valence-corrected chi connectivity index (χ1v) is 9.20. The normalized spacial score (nSPS) is 53.9. The Labute approximate surface area is 136 Å². The second-order valence-corrected chi connectivity index (χ2v) is 9.11. The first-order valence-electron chi connectivity index (χ1n) is 9.20. The number of Topliss-reactive ketones (excluding diaryl/α,β-unsaturated/α-hetero) is 2. The highest BCUT2D eigenvalue weighted by atomic mass is 16.1. The van der Waals surface area contributed by atoms with Gasteiger partial charge in [-0.15, -0.1) is 0 Å². The Balaban J connectivity index is 1.60. The van der Waals surface area contributed by atoms with Crippen LogP contribution >= 0.6 is 0 Å². The SMILES string of the molecule is C[C@]12CC[C@H]3[C@@H](CC(=O)C4=CC(=O)[C@H]5CC5[C@@]43C)[C@@H]1CCC2=O. The molecule has 0 aromatic carbocycles. The predicted molar refractivity (Wildman–Crippen MR) is 84.5 cm³/mol. The van der Waals surface area contributed by atoms with Crippen LogP contribution in [0.15, 0.2) is 11.6 Å². The van der Waals surface area contributed by atoms with Crippen LogP contribution in [0.25, 0.3) is 0 Å². The van der Waals surface area contributed by atoms with Crippen molar-refractivity contribution in [3.63, 3.8) is 0 Å². The summed E-state index contributed by atoms with van der Waals surface area (Å²) < 4.78 is 0. The lowest BCUT2D eigenvalue weighted by Crippen LogP contribution is -2.54. The van der Waals surface area contributed by atoms with Gasteiger partial charge >= 0.3 is 0 Å². The molecule has 4 saturated carbocycles. The van der Waals surface area contributed by atoms with Crippen LogP contribution in [0, 0.1) is 40.4 Å². The minimum Gasteiger partial charge on any atom is -0.299 e. The molecule has 1 unspecified atom stereocenters. The molecule has 5 aliphatic rings. The van der Waals surface area contributed by atoms with Gasteiger partial charge in [0.05, 0.1) is 0 Å². The standard InChI is InChI=1S/C20H24O3/c1-19-6-5-13-10(12(19)3-4-18(19)23)8-17(22)15-9-16(21)11-7-14(11)20(13,15)2/h9-14H,3-8H2,1-2H3/t10-,11-,12-,13-,14?,19-,20-/m0/s1. The van der Waals surface area contributed by atoms with E-state index in [2.05, 4.69) is 13.8 Å². The Morgan fingerprint density at radius 1 is 1.04 bits per heavy atom. The molecule has 0 spiro atoms. The van der Waals surface area contributed by atoms with Gasteiger partial charge in [-0.1, -0.05) is 13.8 Å². The smallest absolute Gasteiger partial charge is 0.159 e. The topological polar surface area (TPSA) is 51.2 Å². The summed E-state index contributed by atoms with van der Waals surface area (Å²) in [6, 6.07) is 0. The number of allylic oxidation sites excluding steroid dienone is 1. The molecule has 5 aliphatic carbocycles. The number of fused-ring (bicyclic) bond motifs is 7. The maximum Gasteiger partial charge on any atom is 0.159 e. The van der Waals surface area contributed by atoms with Crippen LogP contribution in [0.4, 0.5) is 0 Å². The molecule has 0 radical (unpaired) electrons. The summed E-state index contributed by atoms with van der Waals surface area (Å²) >= 11 is 0. The summed E-state index contributed by atoms with van der Waals surface area (Å²) in [5.41, 5.74) is 0.535. The van der Waals surface area contributed by atoms with Crippen molar-refractivity contribution in [3.05, 3.63) is 11.6 Å². The van der Waals surface area contributed by atoms with E-state index >= 15 is 0 Å². The lowest BCUT2D eigenvalue weighted by Gasteiger charge is -2.56. The monoisotopic (exact) mass is 312 g/mol. The number of hydrogen-bond acceptors (Lipinski definition) is 3. The van der Waals surface area contributed by atoms with Crippen molar-refractivity contribution in [3.8, 4) is 0 Å². The highest BCUT2D eigenvalue weighted by Gasteiger charge is 2.67. The van der Waals surface area contributed by atoms with Crippen molar-refractivity contribution >= 4 is 17.3 Å². The van der Waals surface area contributed by atoms with Crippen LogP contribution in [0.2, 0.25) is 0 Å². The molecule has 0 saturated heterocycles. The van der Waals surface area contributed by atoms with Crippen LogP contribution in [0.3, 0.4) is 0 Å². The molecular weight excluding hydrogens is 288 g/mol. The quantitative estimate of drug-likeness (QED) is 0.690. The zero-order chi connectivity index (χ0) is 16.1. The van der Waals surface area contributed by atoms with Crippen molar-refractivity contribution in [1.29, 1.82) is 0 Å². The summed E-state index contributed by atoms with van der Waals surface area (Å²) in [5.74, 6) is 2.57. The highest BCUT2D eigenvalue weighted by Crippen LogP contribution is 2.69. The molecule has 0 N–H and O–H groups in total. The van der Waals surface area contributed by atoms with Gasteiger partial charge in [0.25, 0.3) is 0 Å². The van der Waals surface area contributed by atoms with E-state index in [0.717, 1.165) is 31.3 Å². The maximum absolute atomic E-state index is 12.9. The van der Waals surface area contributed by atoms with Crippen molar-refractivity contribution < 1.29 is 14.4 Å². The lowest BCUT2D eigenvalue weighted by molar-refractivity contribution is -0.138. The second-order valence-electron chi connectivity index (χ2n) is 9.11. The molecule has 0 amide bonds. The summed E-state index contributed by atoms with van der Waals surface area (Å²) in [6.07, 6.45) is 6.90. The Bertz CT molecular complexity index is 689. The third-order valence-electron chi connectivity index (χ3n) is 8.43. The van der Waals surface area contributed by atoms with Crippen molar-refractivity contribution in [1.82, 2.24) is 0 Å². The predicted octanol–water partition coefficient (Wildman–Crippen LogP) is 3.12. The van der Waals surface area contributed by atoms with E-state index in [1.165, 1.54) is 0 Å². The van der Waals surface area contributed by atoms with E-state index in [4.69, 9.17) is 0 Å². The van der Waals surface area contributed by atoms with Crippen LogP contribution < -0.4 is 0 Å². The molecule has 5 rings (SSSR count). The third kappa shape index (κ3) is 1.50. The van der Waals surface area contributed by atoms with E-state index in [9.17, 15) is 14.4 Å². The molecule has 122 valence electrons. The number of carbonyl (C=O) groups excluding carboxylic acids is 3. The minimum atomic E-state index is -0.188. The van der Waals surface area contributed by atoms with Gasteiger partial charge in [0.1, 0.15) is 5.78 Å². The van der Waals surface area contributed by atoms with E-state index in [-0.39, 0.29) is 28.3 Å². The molecule has 0 aromatic heterocycles. The van der Waals surface area contributed by atoms with E-state index < -0.39 is 0 Å². The van der Waals surface area contributed by atoms with Gasteiger partial charge in [-0.25, -0.2) is 0 Å². The van der Waals surface area contributed by atoms with Gasteiger partial charge in [0.15, 0.2) is 11.6 Å². The maximum atomic E-state index is 12.9. The van der Waals surface area contributed by atoms with Gasteiger partial charge in [-0.2, -0.15) is 0 Å². The first-order chi connectivity index (χ1) is 10.9. The highest BCUT2D eigenvalue weighted by molar-refractivity contribution is 6.08. The molecule has 3 nitrogen and oxygen atoms in total. The number of ketones is 3. The average Bonchev–Trinajstić information content (AvgIpc) is 3.26.